The van der Waals surface area contributed by atoms with Gasteiger partial charge in [-0.15, -0.1) is 11.8 Å². The molecule has 0 N–H and O–H groups in total. The van der Waals surface area contributed by atoms with Crippen molar-refractivity contribution < 1.29 is 9.21 Å². The normalized spacial score (nSPS) is 25.6. The van der Waals surface area contributed by atoms with Gasteiger partial charge in [-0.1, -0.05) is 6.42 Å². The van der Waals surface area contributed by atoms with Crippen molar-refractivity contribution in [1.29, 1.82) is 0 Å². The molecule has 0 aromatic carbocycles. The van der Waals surface area contributed by atoms with Gasteiger partial charge < -0.3 is 9.32 Å². The molecule has 1 unspecified atom stereocenters. The summed E-state index contributed by atoms with van der Waals surface area (Å²) in [6, 6.07) is 3.99. The Balaban J connectivity index is 1.59. The van der Waals surface area contributed by atoms with E-state index in [0.717, 1.165) is 43.9 Å². The number of carbonyl (C=O) groups excluding carboxylic acids is 1. The molecule has 0 bridgehead atoms. The molecule has 1 saturated heterocycles. The van der Waals surface area contributed by atoms with Gasteiger partial charge in [0.25, 0.3) is 0 Å². The zero-order chi connectivity index (χ0) is 12.4. The number of hydrogen-bond donors (Lipinski definition) is 0. The summed E-state index contributed by atoms with van der Waals surface area (Å²) in [5, 5.41) is 0.416. The minimum absolute atomic E-state index is 0.329. The molecule has 1 saturated carbocycles. The van der Waals surface area contributed by atoms with E-state index in [4.69, 9.17) is 4.42 Å². The molecular formula is C14H19NO2S. The molecule has 1 aromatic heterocycles. The summed E-state index contributed by atoms with van der Waals surface area (Å²) < 4.78 is 5.48. The number of carbonyl (C=O) groups is 1. The first-order valence-corrected chi connectivity index (χ1v) is 7.83. The van der Waals surface area contributed by atoms with E-state index in [1.165, 1.54) is 6.42 Å². The maximum absolute atomic E-state index is 12.2. The molecule has 3 nitrogen and oxygen atoms in total. The number of thioether (sulfide) groups is 1. The van der Waals surface area contributed by atoms with Crippen LogP contribution in [-0.4, -0.2) is 29.6 Å². The standard InChI is InChI=1S/C14H19NO2S/c16-14(11-3-1-4-11)15-7-6-13(18-10-8-15)12-5-2-9-17-12/h2,5,9,11,13H,1,3-4,6-8,10H2. The van der Waals surface area contributed by atoms with Crippen molar-refractivity contribution in [2.45, 2.75) is 30.9 Å². The molecule has 0 spiro atoms. The predicted octanol–water partition coefficient (Wildman–Crippen LogP) is 3.09. The van der Waals surface area contributed by atoms with Gasteiger partial charge in [0.1, 0.15) is 5.76 Å². The van der Waals surface area contributed by atoms with E-state index in [1.54, 1.807) is 6.26 Å². The summed E-state index contributed by atoms with van der Waals surface area (Å²) in [5.41, 5.74) is 0. The van der Waals surface area contributed by atoms with E-state index >= 15 is 0 Å². The lowest BCUT2D eigenvalue weighted by Gasteiger charge is -2.30. The average molecular weight is 265 g/mol. The molecular weight excluding hydrogens is 246 g/mol. The van der Waals surface area contributed by atoms with Gasteiger partial charge in [-0.25, -0.2) is 0 Å². The van der Waals surface area contributed by atoms with Crippen LogP contribution in [0.1, 0.15) is 36.7 Å². The molecule has 18 heavy (non-hydrogen) atoms. The van der Waals surface area contributed by atoms with Crippen LogP contribution in [0.4, 0.5) is 0 Å². The summed E-state index contributed by atoms with van der Waals surface area (Å²) in [7, 11) is 0. The largest absolute Gasteiger partial charge is 0.468 e. The predicted molar refractivity (Wildman–Crippen MR) is 72.4 cm³/mol. The van der Waals surface area contributed by atoms with Gasteiger partial charge in [-0.3, -0.25) is 4.79 Å². The van der Waals surface area contributed by atoms with Crippen LogP contribution in [0.2, 0.25) is 0 Å². The maximum Gasteiger partial charge on any atom is 0.225 e. The molecule has 1 aliphatic heterocycles. The minimum Gasteiger partial charge on any atom is -0.468 e. The highest BCUT2D eigenvalue weighted by atomic mass is 32.2. The fourth-order valence-electron chi connectivity index (χ4n) is 2.61. The van der Waals surface area contributed by atoms with Crippen molar-refractivity contribution in [3.63, 3.8) is 0 Å². The van der Waals surface area contributed by atoms with Crippen LogP contribution in [0.5, 0.6) is 0 Å². The SMILES string of the molecule is O=C(C1CCC1)N1CCSC(c2ccco2)CC1. The van der Waals surface area contributed by atoms with E-state index in [1.807, 2.05) is 23.9 Å². The van der Waals surface area contributed by atoms with Gasteiger partial charge in [-0.2, -0.15) is 0 Å². The molecule has 2 heterocycles. The second-order valence-corrected chi connectivity index (χ2v) is 6.43. The Morgan fingerprint density at radius 2 is 2.22 bits per heavy atom. The first-order valence-electron chi connectivity index (χ1n) is 6.78. The van der Waals surface area contributed by atoms with Crippen LogP contribution in [0.15, 0.2) is 22.8 Å². The highest BCUT2D eigenvalue weighted by Crippen LogP contribution is 2.36. The highest BCUT2D eigenvalue weighted by molar-refractivity contribution is 7.99. The van der Waals surface area contributed by atoms with Crippen molar-refractivity contribution in [1.82, 2.24) is 4.90 Å². The molecule has 1 amide bonds. The van der Waals surface area contributed by atoms with Gasteiger partial charge in [-0.05, 0) is 31.4 Å². The van der Waals surface area contributed by atoms with Crippen LogP contribution in [-0.2, 0) is 4.79 Å². The van der Waals surface area contributed by atoms with Gasteiger partial charge in [0.15, 0.2) is 0 Å². The van der Waals surface area contributed by atoms with E-state index in [9.17, 15) is 4.79 Å². The lowest BCUT2D eigenvalue weighted by Crippen LogP contribution is -2.40. The van der Waals surface area contributed by atoms with Gasteiger partial charge in [0, 0.05) is 24.8 Å². The van der Waals surface area contributed by atoms with Crippen molar-refractivity contribution >= 4 is 17.7 Å². The zero-order valence-electron chi connectivity index (χ0n) is 10.5. The van der Waals surface area contributed by atoms with Gasteiger partial charge in [0.05, 0.1) is 11.5 Å². The van der Waals surface area contributed by atoms with Crippen LogP contribution < -0.4 is 0 Å². The molecule has 0 radical (unpaired) electrons. The number of hydrogen-bond acceptors (Lipinski definition) is 3. The summed E-state index contributed by atoms with van der Waals surface area (Å²) in [4.78, 5) is 14.3. The van der Waals surface area contributed by atoms with Crippen LogP contribution in [0, 0.1) is 5.92 Å². The first kappa shape index (κ1) is 12.2. The highest BCUT2D eigenvalue weighted by Gasteiger charge is 2.31. The van der Waals surface area contributed by atoms with Crippen molar-refractivity contribution in [2.24, 2.45) is 5.92 Å². The molecule has 1 aliphatic carbocycles. The first-order chi connectivity index (χ1) is 8.84. The Morgan fingerprint density at radius 1 is 1.33 bits per heavy atom. The van der Waals surface area contributed by atoms with Crippen LogP contribution in [0.3, 0.4) is 0 Å². The molecule has 3 rings (SSSR count). The van der Waals surface area contributed by atoms with Gasteiger partial charge >= 0.3 is 0 Å². The maximum atomic E-state index is 12.2. The minimum atomic E-state index is 0.329. The summed E-state index contributed by atoms with van der Waals surface area (Å²) in [5.74, 6) is 2.79. The number of amides is 1. The summed E-state index contributed by atoms with van der Waals surface area (Å²) in [6.45, 7) is 1.78. The van der Waals surface area contributed by atoms with E-state index < -0.39 is 0 Å². The quantitative estimate of drug-likeness (QED) is 0.824. The molecule has 1 aromatic rings. The smallest absolute Gasteiger partial charge is 0.225 e. The lowest BCUT2D eigenvalue weighted by molar-refractivity contribution is -0.137. The number of nitrogens with zero attached hydrogens (tertiary/aromatic N) is 1. The Bertz CT molecular complexity index is 400. The van der Waals surface area contributed by atoms with E-state index in [-0.39, 0.29) is 0 Å². The Labute approximate surface area is 112 Å². The summed E-state index contributed by atoms with van der Waals surface area (Å²) in [6.07, 6.45) is 6.18. The Kier molecular flexibility index (Phi) is 3.64. The molecule has 1 atom stereocenters. The van der Waals surface area contributed by atoms with Crippen molar-refractivity contribution in [3.8, 4) is 0 Å². The lowest BCUT2D eigenvalue weighted by atomic mass is 9.84. The average Bonchev–Trinajstić information content (AvgIpc) is 2.71. The molecule has 98 valence electrons. The van der Waals surface area contributed by atoms with Crippen LogP contribution >= 0.6 is 11.8 Å². The Hall–Kier alpha value is -0.900. The number of furan rings is 1. The summed E-state index contributed by atoms with van der Waals surface area (Å²) >= 11 is 1.91. The molecule has 4 heteroatoms. The number of rotatable bonds is 2. The monoisotopic (exact) mass is 265 g/mol. The second-order valence-electron chi connectivity index (χ2n) is 5.12. The fourth-order valence-corrected chi connectivity index (χ4v) is 3.79. The van der Waals surface area contributed by atoms with E-state index in [2.05, 4.69) is 4.90 Å². The van der Waals surface area contributed by atoms with E-state index in [0.29, 0.717) is 17.1 Å². The topological polar surface area (TPSA) is 33.5 Å². The van der Waals surface area contributed by atoms with Gasteiger partial charge in [0.2, 0.25) is 5.91 Å². The zero-order valence-corrected chi connectivity index (χ0v) is 11.3. The Morgan fingerprint density at radius 3 is 2.89 bits per heavy atom. The molecule has 2 fully saturated rings. The fraction of sp³-hybridized carbons (Fsp3) is 0.643. The third-order valence-corrected chi connectivity index (χ3v) is 5.26. The third-order valence-electron chi connectivity index (χ3n) is 3.97. The van der Waals surface area contributed by atoms with Crippen LogP contribution in [0.25, 0.3) is 0 Å². The molecule has 2 aliphatic rings. The van der Waals surface area contributed by atoms with Crippen molar-refractivity contribution in [3.05, 3.63) is 24.2 Å². The van der Waals surface area contributed by atoms with Crippen molar-refractivity contribution in [2.75, 3.05) is 18.8 Å². The second kappa shape index (κ2) is 5.39. The third kappa shape index (κ3) is 2.44.